The van der Waals surface area contributed by atoms with E-state index in [0.29, 0.717) is 5.92 Å². The third kappa shape index (κ3) is 6.01. The SMILES string of the molecule is CCC(C)CN(C)c1ncc(CNC(C)(C)C)cn1. The number of aromatic nitrogens is 2. The molecule has 0 aliphatic carbocycles. The van der Waals surface area contributed by atoms with Gasteiger partial charge in [-0.15, -0.1) is 0 Å². The molecule has 1 heterocycles. The summed E-state index contributed by atoms with van der Waals surface area (Å²) >= 11 is 0. The third-order valence-corrected chi connectivity index (χ3v) is 3.14. The zero-order valence-corrected chi connectivity index (χ0v) is 13.2. The Balaban J connectivity index is 2.56. The largest absolute Gasteiger partial charge is 0.344 e. The van der Waals surface area contributed by atoms with E-state index >= 15 is 0 Å². The molecule has 1 N–H and O–H groups in total. The zero-order valence-electron chi connectivity index (χ0n) is 13.2. The molecule has 1 aromatic heterocycles. The van der Waals surface area contributed by atoms with Crippen LogP contribution in [-0.4, -0.2) is 29.1 Å². The fourth-order valence-corrected chi connectivity index (χ4v) is 1.68. The molecule has 4 heteroatoms. The molecule has 0 radical (unpaired) electrons. The molecule has 1 atom stereocenters. The topological polar surface area (TPSA) is 41.1 Å². The molecule has 0 bridgehead atoms. The second-order valence-electron chi connectivity index (χ2n) is 6.39. The van der Waals surface area contributed by atoms with Crippen molar-refractivity contribution in [2.24, 2.45) is 5.92 Å². The third-order valence-electron chi connectivity index (χ3n) is 3.14. The molecule has 19 heavy (non-hydrogen) atoms. The Bertz CT molecular complexity index is 367. The van der Waals surface area contributed by atoms with Crippen LogP contribution in [0.25, 0.3) is 0 Å². The van der Waals surface area contributed by atoms with Crippen molar-refractivity contribution >= 4 is 5.95 Å². The Kier molecular flexibility index (Phi) is 5.73. The Morgan fingerprint density at radius 3 is 2.32 bits per heavy atom. The van der Waals surface area contributed by atoms with E-state index in [2.05, 4.69) is 61.9 Å². The summed E-state index contributed by atoms with van der Waals surface area (Å²) in [7, 11) is 2.05. The van der Waals surface area contributed by atoms with Gasteiger partial charge in [0.1, 0.15) is 0 Å². The fourth-order valence-electron chi connectivity index (χ4n) is 1.68. The van der Waals surface area contributed by atoms with Crippen molar-refractivity contribution in [3.05, 3.63) is 18.0 Å². The standard InChI is InChI=1S/C15H28N4/c1-7-12(2)11-19(6)14-16-8-13(9-17-14)10-18-15(3,4)5/h8-9,12,18H,7,10-11H2,1-6H3. The number of nitrogens with one attached hydrogen (secondary N) is 1. The molecule has 4 nitrogen and oxygen atoms in total. The van der Waals surface area contributed by atoms with E-state index in [1.807, 2.05) is 12.4 Å². The second kappa shape index (κ2) is 6.85. The summed E-state index contributed by atoms with van der Waals surface area (Å²) in [4.78, 5) is 11.0. The van der Waals surface area contributed by atoms with Crippen molar-refractivity contribution in [3.8, 4) is 0 Å². The molecule has 0 fully saturated rings. The molecule has 1 unspecified atom stereocenters. The molecular formula is C15H28N4. The summed E-state index contributed by atoms with van der Waals surface area (Å²) in [5.74, 6) is 1.47. The van der Waals surface area contributed by atoms with Crippen molar-refractivity contribution < 1.29 is 0 Å². The molecule has 0 amide bonds. The number of hydrogen-bond acceptors (Lipinski definition) is 4. The normalized spacial score (nSPS) is 13.4. The van der Waals surface area contributed by atoms with Crippen LogP contribution < -0.4 is 10.2 Å². The average molecular weight is 264 g/mol. The van der Waals surface area contributed by atoms with Gasteiger partial charge in [-0.1, -0.05) is 20.3 Å². The van der Waals surface area contributed by atoms with E-state index in [1.54, 1.807) is 0 Å². The monoisotopic (exact) mass is 264 g/mol. The van der Waals surface area contributed by atoms with Gasteiger partial charge in [0.25, 0.3) is 0 Å². The quantitative estimate of drug-likeness (QED) is 0.858. The first-order valence-electron chi connectivity index (χ1n) is 7.09. The second-order valence-corrected chi connectivity index (χ2v) is 6.39. The molecule has 1 rings (SSSR count). The van der Waals surface area contributed by atoms with Crippen LogP contribution in [0.3, 0.4) is 0 Å². The number of rotatable bonds is 6. The lowest BCUT2D eigenvalue weighted by Gasteiger charge is -2.22. The molecule has 0 spiro atoms. The Labute approximate surface area is 117 Å². The van der Waals surface area contributed by atoms with E-state index in [4.69, 9.17) is 0 Å². The molecular weight excluding hydrogens is 236 g/mol. The van der Waals surface area contributed by atoms with Crippen molar-refractivity contribution in [2.75, 3.05) is 18.5 Å². The molecule has 0 aliphatic heterocycles. The number of anilines is 1. The van der Waals surface area contributed by atoms with E-state index in [1.165, 1.54) is 6.42 Å². The van der Waals surface area contributed by atoms with Crippen LogP contribution in [-0.2, 0) is 6.54 Å². The lowest BCUT2D eigenvalue weighted by atomic mass is 10.1. The minimum Gasteiger partial charge on any atom is -0.344 e. The summed E-state index contributed by atoms with van der Waals surface area (Å²) in [6.45, 7) is 12.7. The minimum atomic E-state index is 0.117. The average Bonchev–Trinajstić information content (AvgIpc) is 2.36. The van der Waals surface area contributed by atoms with Crippen molar-refractivity contribution in [1.29, 1.82) is 0 Å². The van der Waals surface area contributed by atoms with Crippen molar-refractivity contribution in [1.82, 2.24) is 15.3 Å². The van der Waals surface area contributed by atoms with E-state index in [-0.39, 0.29) is 5.54 Å². The maximum Gasteiger partial charge on any atom is 0.225 e. The predicted molar refractivity (Wildman–Crippen MR) is 81.3 cm³/mol. The van der Waals surface area contributed by atoms with Gasteiger partial charge >= 0.3 is 0 Å². The molecule has 1 aromatic rings. The lowest BCUT2D eigenvalue weighted by Crippen LogP contribution is -2.35. The van der Waals surface area contributed by atoms with E-state index in [9.17, 15) is 0 Å². The smallest absolute Gasteiger partial charge is 0.225 e. The predicted octanol–water partition coefficient (Wildman–Crippen LogP) is 2.85. The van der Waals surface area contributed by atoms with Gasteiger partial charge in [0, 0.05) is 43.6 Å². The van der Waals surface area contributed by atoms with Crippen molar-refractivity contribution in [2.45, 2.75) is 53.1 Å². The Morgan fingerprint density at radius 2 is 1.84 bits per heavy atom. The summed E-state index contributed by atoms with van der Waals surface area (Å²) < 4.78 is 0. The first-order valence-corrected chi connectivity index (χ1v) is 7.09. The molecule has 0 aliphatic rings. The number of nitrogens with zero attached hydrogens (tertiary/aromatic N) is 3. The fraction of sp³-hybridized carbons (Fsp3) is 0.733. The van der Waals surface area contributed by atoms with Gasteiger partial charge in [-0.2, -0.15) is 0 Å². The van der Waals surface area contributed by atoms with Gasteiger partial charge in [-0.3, -0.25) is 0 Å². The highest BCUT2D eigenvalue weighted by atomic mass is 15.2. The first kappa shape index (κ1) is 15.9. The van der Waals surface area contributed by atoms with Crippen molar-refractivity contribution in [3.63, 3.8) is 0 Å². The van der Waals surface area contributed by atoms with Crippen LogP contribution in [0, 0.1) is 5.92 Å². The van der Waals surface area contributed by atoms with Crippen LogP contribution in [0.4, 0.5) is 5.95 Å². The highest BCUT2D eigenvalue weighted by Gasteiger charge is 2.10. The minimum absolute atomic E-state index is 0.117. The highest BCUT2D eigenvalue weighted by Crippen LogP contribution is 2.10. The summed E-state index contributed by atoms with van der Waals surface area (Å²) in [5.41, 5.74) is 1.24. The maximum atomic E-state index is 4.44. The van der Waals surface area contributed by atoms with Crippen LogP contribution in [0.2, 0.25) is 0 Å². The van der Waals surface area contributed by atoms with Crippen LogP contribution in [0.1, 0.15) is 46.6 Å². The lowest BCUT2D eigenvalue weighted by molar-refractivity contribution is 0.423. The summed E-state index contributed by atoms with van der Waals surface area (Å²) in [6, 6.07) is 0. The van der Waals surface area contributed by atoms with Gasteiger partial charge in [-0.25, -0.2) is 9.97 Å². The van der Waals surface area contributed by atoms with Crippen LogP contribution in [0.5, 0.6) is 0 Å². The Hall–Kier alpha value is -1.16. The first-order chi connectivity index (χ1) is 8.81. The van der Waals surface area contributed by atoms with Gasteiger partial charge < -0.3 is 10.2 Å². The maximum absolute atomic E-state index is 4.44. The summed E-state index contributed by atoms with van der Waals surface area (Å²) in [5, 5.41) is 3.43. The molecule has 0 aromatic carbocycles. The zero-order chi connectivity index (χ0) is 14.5. The van der Waals surface area contributed by atoms with Crippen LogP contribution >= 0.6 is 0 Å². The van der Waals surface area contributed by atoms with Gasteiger partial charge in [0.05, 0.1) is 0 Å². The molecule has 0 saturated heterocycles. The number of hydrogen-bond donors (Lipinski definition) is 1. The highest BCUT2D eigenvalue weighted by molar-refractivity contribution is 5.28. The van der Waals surface area contributed by atoms with Gasteiger partial charge in [-0.05, 0) is 26.7 Å². The van der Waals surface area contributed by atoms with Gasteiger partial charge in [0.2, 0.25) is 5.95 Å². The van der Waals surface area contributed by atoms with E-state index < -0.39 is 0 Å². The summed E-state index contributed by atoms with van der Waals surface area (Å²) in [6.07, 6.45) is 5.00. The van der Waals surface area contributed by atoms with Crippen LogP contribution in [0.15, 0.2) is 12.4 Å². The molecule has 0 saturated carbocycles. The molecule has 108 valence electrons. The van der Waals surface area contributed by atoms with Gasteiger partial charge in [0.15, 0.2) is 0 Å². The Morgan fingerprint density at radius 1 is 1.26 bits per heavy atom. The van der Waals surface area contributed by atoms with E-state index in [0.717, 1.165) is 24.6 Å².